The molecule has 0 aliphatic rings. The van der Waals surface area contributed by atoms with Crippen LogP contribution in [0.3, 0.4) is 0 Å². The summed E-state index contributed by atoms with van der Waals surface area (Å²) in [6.45, 7) is 3.74. The molecular formula is C10H13NO2. The molecule has 1 aromatic carbocycles. The highest BCUT2D eigenvalue weighted by Crippen LogP contribution is 2.18. The maximum Gasteiger partial charge on any atom is 0.325 e. The highest BCUT2D eigenvalue weighted by Gasteiger charge is 2.04. The number of carbonyl (C=O) groups is 1. The minimum absolute atomic E-state index is 0.0899. The van der Waals surface area contributed by atoms with E-state index in [9.17, 15) is 4.79 Å². The van der Waals surface area contributed by atoms with Crippen molar-refractivity contribution >= 4 is 5.97 Å². The highest BCUT2D eigenvalue weighted by molar-refractivity contribution is 5.74. The quantitative estimate of drug-likeness (QED) is 0.547. The molecule has 0 heterocycles. The van der Waals surface area contributed by atoms with Gasteiger partial charge in [0.15, 0.2) is 0 Å². The third-order valence-corrected chi connectivity index (χ3v) is 1.73. The first-order valence-corrected chi connectivity index (χ1v) is 4.11. The molecule has 0 bridgehead atoms. The number of benzene rings is 1. The molecule has 1 rings (SSSR count). The summed E-state index contributed by atoms with van der Waals surface area (Å²) in [5, 5.41) is 0. The largest absolute Gasteiger partial charge is 0.425 e. The minimum Gasteiger partial charge on any atom is -0.425 e. The van der Waals surface area contributed by atoms with Gasteiger partial charge in [0, 0.05) is 0 Å². The summed E-state index contributed by atoms with van der Waals surface area (Å²) in [5.74, 6) is 0.184. The Kier molecular flexibility index (Phi) is 3.03. The fourth-order valence-corrected chi connectivity index (χ4v) is 0.982. The zero-order chi connectivity index (χ0) is 9.84. The second-order valence-corrected chi connectivity index (χ2v) is 2.95. The summed E-state index contributed by atoms with van der Waals surface area (Å²) < 4.78 is 5.01. The lowest BCUT2D eigenvalue weighted by Crippen LogP contribution is -2.19. The highest BCUT2D eigenvalue weighted by atomic mass is 16.5. The van der Waals surface area contributed by atoms with Gasteiger partial charge in [0.25, 0.3) is 0 Å². The zero-order valence-electron chi connectivity index (χ0n) is 7.83. The van der Waals surface area contributed by atoms with E-state index in [1.54, 1.807) is 0 Å². The Bertz CT molecular complexity index is 321. The molecule has 70 valence electrons. The van der Waals surface area contributed by atoms with Crippen molar-refractivity contribution in [3.05, 3.63) is 29.3 Å². The summed E-state index contributed by atoms with van der Waals surface area (Å²) in [6.07, 6.45) is 0. The maximum absolute atomic E-state index is 10.9. The van der Waals surface area contributed by atoms with Crippen LogP contribution in [-0.4, -0.2) is 12.5 Å². The van der Waals surface area contributed by atoms with Crippen molar-refractivity contribution in [1.29, 1.82) is 0 Å². The molecular weight excluding hydrogens is 166 g/mol. The molecule has 0 saturated carbocycles. The molecule has 0 aromatic heterocycles. The van der Waals surface area contributed by atoms with Crippen molar-refractivity contribution in [2.75, 3.05) is 6.54 Å². The lowest BCUT2D eigenvalue weighted by molar-refractivity contribution is -0.132. The molecule has 1 aromatic rings. The van der Waals surface area contributed by atoms with Gasteiger partial charge in [-0.15, -0.1) is 0 Å². The number of aryl methyl sites for hydroxylation is 2. The number of nitrogens with two attached hydrogens (primary N) is 1. The first kappa shape index (κ1) is 9.74. The van der Waals surface area contributed by atoms with Crippen molar-refractivity contribution in [3.63, 3.8) is 0 Å². The summed E-state index contributed by atoms with van der Waals surface area (Å²) in [5.41, 5.74) is 7.13. The minimum atomic E-state index is -0.409. The molecule has 0 spiro atoms. The topological polar surface area (TPSA) is 52.3 Å². The Morgan fingerprint density at radius 2 is 2.15 bits per heavy atom. The average Bonchev–Trinajstić information content (AvgIpc) is 2.11. The number of hydrogen-bond donors (Lipinski definition) is 1. The molecule has 3 heteroatoms. The van der Waals surface area contributed by atoms with E-state index in [-0.39, 0.29) is 6.54 Å². The van der Waals surface area contributed by atoms with Gasteiger partial charge in [-0.05, 0) is 31.0 Å². The summed E-state index contributed by atoms with van der Waals surface area (Å²) in [7, 11) is 0. The molecule has 2 N–H and O–H groups in total. The first-order chi connectivity index (χ1) is 6.13. The second kappa shape index (κ2) is 4.05. The normalized spacial score (nSPS) is 9.77. The van der Waals surface area contributed by atoms with Crippen LogP contribution in [0.25, 0.3) is 0 Å². The number of carbonyl (C=O) groups excluding carboxylic acids is 1. The van der Waals surface area contributed by atoms with E-state index in [0.29, 0.717) is 5.75 Å². The van der Waals surface area contributed by atoms with Gasteiger partial charge in [-0.3, -0.25) is 4.79 Å². The smallest absolute Gasteiger partial charge is 0.325 e. The van der Waals surface area contributed by atoms with Crippen LogP contribution in [0, 0.1) is 13.8 Å². The van der Waals surface area contributed by atoms with E-state index in [4.69, 9.17) is 10.5 Å². The second-order valence-electron chi connectivity index (χ2n) is 2.95. The van der Waals surface area contributed by atoms with E-state index >= 15 is 0 Å². The SMILES string of the molecule is Cc1ccc(C)c(OC(=O)CN)c1. The van der Waals surface area contributed by atoms with Gasteiger partial charge >= 0.3 is 5.97 Å². The van der Waals surface area contributed by atoms with Crippen molar-refractivity contribution in [2.45, 2.75) is 13.8 Å². The molecule has 0 aliphatic heterocycles. The maximum atomic E-state index is 10.9. The Balaban J connectivity index is 2.87. The van der Waals surface area contributed by atoms with Gasteiger partial charge < -0.3 is 10.5 Å². The summed E-state index contributed by atoms with van der Waals surface area (Å²) in [6, 6.07) is 5.70. The van der Waals surface area contributed by atoms with Crippen molar-refractivity contribution in [3.8, 4) is 5.75 Å². The molecule has 0 radical (unpaired) electrons. The van der Waals surface area contributed by atoms with Gasteiger partial charge in [0.05, 0.1) is 6.54 Å². The molecule has 0 amide bonds. The fourth-order valence-electron chi connectivity index (χ4n) is 0.982. The van der Waals surface area contributed by atoms with Crippen LogP contribution in [0.4, 0.5) is 0 Å². The zero-order valence-corrected chi connectivity index (χ0v) is 7.83. The van der Waals surface area contributed by atoms with E-state index in [0.717, 1.165) is 11.1 Å². The number of rotatable bonds is 2. The van der Waals surface area contributed by atoms with Crippen molar-refractivity contribution in [2.24, 2.45) is 5.73 Å². The molecule has 0 saturated heterocycles. The first-order valence-electron chi connectivity index (χ1n) is 4.11. The molecule has 13 heavy (non-hydrogen) atoms. The number of ether oxygens (including phenoxy) is 1. The van der Waals surface area contributed by atoms with Crippen LogP contribution in [0.5, 0.6) is 5.75 Å². The predicted molar refractivity (Wildman–Crippen MR) is 50.6 cm³/mol. The van der Waals surface area contributed by atoms with E-state index in [1.807, 2.05) is 32.0 Å². The van der Waals surface area contributed by atoms with Crippen LogP contribution in [0.15, 0.2) is 18.2 Å². The molecule has 3 nitrogen and oxygen atoms in total. The van der Waals surface area contributed by atoms with Gasteiger partial charge in [-0.1, -0.05) is 12.1 Å². The Hall–Kier alpha value is -1.35. The summed E-state index contributed by atoms with van der Waals surface area (Å²) in [4.78, 5) is 10.9. The van der Waals surface area contributed by atoms with Gasteiger partial charge in [0.1, 0.15) is 5.75 Å². The summed E-state index contributed by atoms with van der Waals surface area (Å²) >= 11 is 0. The van der Waals surface area contributed by atoms with Crippen LogP contribution in [-0.2, 0) is 4.79 Å². The van der Waals surface area contributed by atoms with Crippen LogP contribution >= 0.6 is 0 Å². The molecule has 0 aliphatic carbocycles. The van der Waals surface area contributed by atoms with Crippen LogP contribution in [0.2, 0.25) is 0 Å². The average molecular weight is 179 g/mol. The molecule has 0 atom stereocenters. The Labute approximate surface area is 77.5 Å². The van der Waals surface area contributed by atoms with Gasteiger partial charge in [-0.25, -0.2) is 0 Å². The van der Waals surface area contributed by atoms with Gasteiger partial charge in [-0.2, -0.15) is 0 Å². The lowest BCUT2D eigenvalue weighted by atomic mass is 10.1. The Morgan fingerprint density at radius 3 is 2.77 bits per heavy atom. The fraction of sp³-hybridized carbons (Fsp3) is 0.300. The monoisotopic (exact) mass is 179 g/mol. The molecule has 0 fully saturated rings. The van der Waals surface area contributed by atoms with E-state index in [2.05, 4.69) is 0 Å². The Morgan fingerprint density at radius 1 is 1.46 bits per heavy atom. The number of esters is 1. The van der Waals surface area contributed by atoms with Gasteiger partial charge in [0.2, 0.25) is 0 Å². The standard InChI is InChI=1S/C10H13NO2/c1-7-3-4-8(2)9(5-7)13-10(12)6-11/h3-5H,6,11H2,1-2H3. The van der Waals surface area contributed by atoms with E-state index < -0.39 is 5.97 Å². The molecule has 0 unspecified atom stereocenters. The third-order valence-electron chi connectivity index (χ3n) is 1.73. The third kappa shape index (κ3) is 2.56. The van der Waals surface area contributed by atoms with E-state index in [1.165, 1.54) is 0 Å². The van der Waals surface area contributed by atoms with Crippen molar-refractivity contribution in [1.82, 2.24) is 0 Å². The predicted octanol–water partition coefficient (Wildman–Crippen LogP) is 1.17. The number of hydrogen-bond acceptors (Lipinski definition) is 3. The van der Waals surface area contributed by atoms with Crippen molar-refractivity contribution < 1.29 is 9.53 Å². The van der Waals surface area contributed by atoms with Crippen LogP contribution in [0.1, 0.15) is 11.1 Å². The van der Waals surface area contributed by atoms with Crippen LogP contribution < -0.4 is 10.5 Å². The lowest BCUT2D eigenvalue weighted by Gasteiger charge is -2.06.